The fourth-order valence-electron chi connectivity index (χ4n) is 4.57. The number of carbonyl (C=O) groups excluding carboxylic acids is 1. The summed E-state index contributed by atoms with van der Waals surface area (Å²) in [7, 11) is 0. The monoisotopic (exact) mass is 450 g/mol. The van der Waals surface area contributed by atoms with Crippen molar-refractivity contribution in [2.75, 3.05) is 35.2 Å². The van der Waals surface area contributed by atoms with Crippen LogP contribution in [0.25, 0.3) is 0 Å². The summed E-state index contributed by atoms with van der Waals surface area (Å²) >= 11 is 0. The number of rotatable bonds is 4. The van der Waals surface area contributed by atoms with Gasteiger partial charge in [0, 0.05) is 24.4 Å². The molecular formula is C20H21F3N6O3. The second kappa shape index (κ2) is 6.92. The Hall–Kier alpha value is -3.15. The number of carbonyl (C=O) groups is 1. The molecule has 170 valence electrons. The molecule has 5 heterocycles. The molecule has 9 nitrogen and oxygen atoms in total. The summed E-state index contributed by atoms with van der Waals surface area (Å²) in [4.78, 5) is 36.7. The van der Waals surface area contributed by atoms with Crippen molar-refractivity contribution in [1.82, 2.24) is 14.5 Å². The smallest absolute Gasteiger partial charge is 0.384 e. The maximum absolute atomic E-state index is 14.2. The van der Waals surface area contributed by atoms with Crippen LogP contribution in [-0.2, 0) is 11.3 Å². The van der Waals surface area contributed by atoms with Gasteiger partial charge in [-0.05, 0) is 25.5 Å². The molecule has 3 aliphatic rings. The van der Waals surface area contributed by atoms with Gasteiger partial charge in [-0.3, -0.25) is 14.2 Å². The lowest BCUT2D eigenvalue weighted by Crippen LogP contribution is -2.57. The Labute approximate surface area is 180 Å². The summed E-state index contributed by atoms with van der Waals surface area (Å²) in [6.45, 7) is 0.707. The van der Waals surface area contributed by atoms with E-state index in [9.17, 15) is 22.8 Å². The summed E-state index contributed by atoms with van der Waals surface area (Å²) < 4.78 is 49.1. The fraction of sp³-hybridized carbons (Fsp3) is 0.500. The van der Waals surface area contributed by atoms with Gasteiger partial charge in [-0.2, -0.15) is 18.2 Å². The lowest BCUT2D eigenvalue weighted by Gasteiger charge is -2.36. The maximum Gasteiger partial charge on any atom is 0.413 e. The van der Waals surface area contributed by atoms with Crippen LogP contribution < -0.4 is 21.1 Å². The van der Waals surface area contributed by atoms with Gasteiger partial charge >= 0.3 is 6.18 Å². The number of Topliss-reactive ketones (excluding diaryl/α,β-unsaturated/α-hetero) is 1. The van der Waals surface area contributed by atoms with E-state index in [1.54, 1.807) is 0 Å². The number of halogens is 3. The van der Waals surface area contributed by atoms with Crippen molar-refractivity contribution in [2.24, 2.45) is 0 Å². The number of anilines is 3. The van der Waals surface area contributed by atoms with Crippen molar-refractivity contribution in [3.05, 3.63) is 40.3 Å². The summed E-state index contributed by atoms with van der Waals surface area (Å²) in [6.07, 6.45) is -2.69. The number of morpholine rings is 1. The molecule has 2 N–H and O–H groups in total. The van der Waals surface area contributed by atoms with Gasteiger partial charge in [0.1, 0.15) is 11.6 Å². The zero-order valence-corrected chi connectivity index (χ0v) is 17.2. The van der Waals surface area contributed by atoms with Crippen LogP contribution in [0.1, 0.15) is 23.7 Å². The number of hydrogen-bond donors (Lipinski definition) is 1. The van der Waals surface area contributed by atoms with Gasteiger partial charge in [-0.25, -0.2) is 4.98 Å². The quantitative estimate of drug-likeness (QED) is 0.694. The zero-order valence-electron chi connectivity index (χ0n) is 17.2. The molecule has 3 atom stereocenters. The first-order valence-electron chi connectivity index (χ1n) is 10.2. The molecule has 2 bridgehead atoms. The van der Waals surface area contributed by atoms with Crippen LogP contribution in [0.5, 0.6) is 0 Å². The van der Waals surface area contributed by atoms with Crippen LogP contribution in [0.4, 0.5) is 30.8 Å². The molecule has 0 saturated carbocycles. The van der Waals surface area contributed by atoms with Crippen LogP contribution in [0.2, 0.25) is 0 Å². The minimum atomic E-state index is -4.71. The largest absolute Gasteiger partial charge is 0.413 e. The SMILES string of the molecule is C[C@@]1(C(F)(F)F)Cn2c(nc(N3C[C@@H]4C[C@H]3CO4)cc2=O)N1CC(=O)c1ccc(N)nc1. The van der Waals surface area contributed by atoms with Gasteiger partial charge < -0.3 is 20.3 Å². The molecule has 2 saturated heterocycles. The minimum Gasteiger partial charge on any atom is -0.384 e. The highest BCUT2D eigenvalue weighted by Crippen LogP contribution is 2.43. The number of alkyl halides is 3. The van der Waals surface area contributed by atoms with E-state index < -0.39 is 36.1 Å². The number of nitrogen functional groups attached to an aromatic ring is 1. The van der Waals surface area contributed by atoms with E-state index in [1.807, 2.05) is 4.90 Å². The Morgan fingerprint density at radius 1 is 1.38 bits per heavy atom. The van der Waals surface area contributed by atoms with Crippen LogP contribution in [0.3, 0.4) is 0 Å². The van der Waals surface area contributed by atoms with Crippen molar-refractivity contribution < 1.29 is 22.7 Å². The second-order valence-electron chi connectivity index (χ2n) is 8.59. The lowest BCUT2D eigenvalue weighted by molar-refractivity contribution is -0.181. The van der Waals surface area contributed by atoms with E-state index in [0.717, 1.165) is 22.8 Å². The summed E-state index contributed by atoms with van der Waals surface area (Å²) in [5, 5.41) is 0. The third-order valence-corrected chi connectivity index (χ3v) is 6.49. The number of pyridine rings is 1. The van der Waals surface area contributed by atoms with Gasteiger partial charge in [0.25, 0.3) is 5.56 Å². The lowest BCUT2D eigenvalue weighted by atomic mass is 10.00. The number of fused-ring (bicyclic) bond motifs is 3. The highest BCUT2D eigenvalue weighted by molar-refractivity contribution is 5.99. The highest BCUT2D eigenvalue weighted by atomic mass is 19.4. The predicted molar refractivity (Wildman–Crippen MR) is 109 cm³/mol. The van der Waals surface area contributed by atoms with Crippen molar-refractivity contribution in [1.29, 1.82) is 0 Å². The molecule has 5 rings (SSSR count). The highest BCUT2D eigenvalue weighted by Gasteiger charge is 2.60. The van der Waals surface area contributed by atoms with Gasteiger partial charge in [0.2, 0.25) is 5.95 Å². The average molecular weight is 450 g/mol. The molecule has 2 fully saturated rings. The van der Waals surface area contributed by atoms with Crippen molar-refractivity contribution in [3.8, 4) is 0 Å². The third-order valence-electron chi connectivity index (χ3n) is 6.49. The summed E-state index contributed by atoms with van der Waals surface area (Å²) in [5.74, 6) is -0.271. The first kappa shape index (κ1) is 20.7. The number of ketones is 1. The van der Waals surface area contributed by atoms with E-state index in [0.29, 0.717) is 19.0 Å². The summed E-state index contributed by atoms with van der Waals surface area (Å²) in [5.41, 5.74) is 2.58. The van der Waals surface area contributed by atoms with E-state index in [-0.39, 0.29) is 29.5 Å². The Bertz CT molecular complexity index is 1130. The number of ether oxygens (including phenoxy) is 1. The fourth-order valence-corrected chi connectivity index (χ4v) is 4.57. The standard InChI is InChI=1S/C20H21F3N6O3/c1-19(20(21,22)23)10-28-17(31)5-16(27-7-13-4-12(27)9-32-13)26-18(28)29(19)8-14(30)11-2-3-15(24)25-6-11/h2-3,5-6,12-13H,4,7-10H2,1H3,(H2,24,25)/t12-,13-,19-/m0/s1. The van der Waals surface area contributed by atoms with Crippen molar-refractivity contribution >= 4 is 23.4 Å². The molecule has 12 heteroatoms. The van der Waals surface area contributed by atoms with Gasteiger partial charge in [-0.15, -0.1) is 0 Å². The normalized spacial score (nSPS) is 26.6. The Morgan fingerprint density at radius 2 is 2.16 bits per heavy atom. The second-order valence-corrected chi connectivity index (χ2v) is 8.59. The van der Waals surface area contributed by atoms with Gasteiger partial charge in [-0.1, -0.05) is 0 Å². The van der Waals surface area contributed by atoms with E-state index in [2.05, 4.69) is 9.97 Å². The van der Waals surface area contributed by atoms with Crippen molar-refractivity contribution in [3.63, 3.8) is 0 Å². The number of aromatic nitrogens is 3. The zero-order chi connectivity index (χ0) is 22.8. The summed E-state index contributed by atoms with van der Waals surface area (Å²) in [6, 6.07) is 4.10. The Kier molecular flexibility index (Phi) is 4.49. The molecule has 32 heavy (non-hydrogen) atoms. The first-order chi connectivity index (χ1) is 15.1. The minimum absolute atomic E-state index is 0.0222. The van der Waals surface area contributed by atoms with E-state index >= 15 is 0 Å². The molecule has 3 aliphatic heterocycles. The maximum atomic E-state index is 14.2. The molecule has 0 spiro atoms. The molecule has 2 aromatic rings. The third kappa shape index (κ3) is 3.12. The van der Waals surface area contributed by atoms with E-state index in [4.69, 9.17) is 10.5 Å². The Balaban J connectivity index is 1.55. The Morgan fingerprint density at radius 3 is 2.75 bits per heavy atom. The molecular weight excluding hydrogens is 429 g/mol. The molecule has 0 aliphatic carbocycles. The van der Waals surface area contributed by atoms with Crippen LogP contribution in [-0.4, -0.2) is 63.9 Å². The van der Waals surface area contributed by atoms with Crippen LogP contribution in [0.15, 0.2) is 29.2 Å². The average Bonchev–Trinajstić information content (AvgIpc) is 3.43. The first-order valence-corrected chi connectivity index (χ1v) is 10.2. The molecule has 0 radical (unpaired) electrons. The van der Waals surface area contributed by atoms with Crippen LogP contribution >= 0.6 is 0 Å². The number of hydrogen-bond acceptors (Lipinski definition) is 8. The van der Waals surface area contributed by atoms with Gasteiger partial charge in [0.05, 0.1) is 31.8 Å². The molecule has 0 amide bonds. The van der Waals surface area contributed by atoms with Gasteiger partial charge in [0.15, 0.2) is 11.3 Å². The van der Waals surface area contributed by atoms with E-state index in [1.165, 1.54) is 24.4 Å². The molecule has 2 aromatic heterocycles. The number of nitrogens with two attached hydrogens (primary N) is 1. The molecule has 0 aromatic carbocycles. The van der Waals surface area contributed by atoms with Crippen LogP contribution in [0, 0.1) is 0 Å². The predicted octanol–water partition coefficient (Wildman–Crippen LogP) is 1.22. The molecule has 0 unspecified atom stereocenters. The van der Waals surface area contributed by atoms with Crippen molar-refractivity contribution in [2.45, 2.75) is 43.8 Å². The number of nitrogens with zero attached hydrogens (tertiary/aromatic N) is 5. The topological polar surface area (TPSA) is 107 Å².